The monoisotopic (exact) mass is 485 g/mol. The highest BCUT2D eigenvalue weighted by Gasteiger charge is 2.29. The van der Waals surface area contributed by atoms with E-state index in [4.69, 9.17) is 4.74 Å². The molecule has 0 radical (unpaired) electrons. The maximum atomic E-state index is 13.5. The highest BCUT2D eigenvalue weighted by atomic mass is 16.5. The zero-order chi connectivity index (χ0) is 25.2. The lowest BCUT2D eigenvalue weighted by Crippen LogP contribution is -2.42. The van der Waals surface area contributed by atoms with Crippen LogP contribution in [0.1, 0.15) is 36.5 Å². The summed E-state index contributed by atoms with van der Waals surface area (Å²) >= 11 is 0. The second-order valence-corrected chi connectivity index (χ2v) is 9.63. The number of hydrogen-bond acceptors (Lipinski definition) is 4. The predicted molar refractivity (Wildman–Crippen MR) is 148 cm³/mol. The molecule has 36 heavy (non-hydrogen) atoms. The van der Waals surface area contributed by atoms with Gasteiger partial charge in [-0.15, -0.1) is 0 Å². The number of benzene rings is 3. The molecular weight excluding hydrogens is 446 g/mol. The molecule has 0 aromatic heterocycles. The van der Waals surface area contributed by atoms with Gasteiger partial charge in [0.2, 0.25) is 5.91 Å². The van der Waals surface area contributed by atoms with Crippen LogP contribution in [0.3, 0.4) is 0 Å². The topological polar surface area (TPSA) is 44.8 Å². The van der Waals surface area contributed by atoms with Crippen molar-refractivity contribution >= 4 is 11.6 Å². The summed E-state index contributed by atoms with van der Waals surface area (Å²) in [6.07, 6.45) is 3.61. The van der Waals surface area contributed by atoms with Gasteiger partial charge in [-0.2, -0.15) is 0 Å². The first-order valence-electron chi connectivity index (χ1n) is 13.1. The number of carbonyl (C=O) groups excluding carboxylic acids is 1. The Labute approximate surface area is 216 Å². The van der Waals surface area contributed by atoms with Gasteiger partial charge in [0.25, 0.3) is 0 Å². The number of anilines is 1. The van der Waals surface area contributed by atoms with Crippen LogP contribution in [0.15, 0.2) is 84.9 Å². The smallest absolute Gasteiger partial charge is 0.230 e. The Balaban J connectivity index is 1.37. The molecule has 0 spiro atoms. The van der Waals surface area contributed by atoms with E-state index in [1.165, 1.54) is 5.56 Å². The van der Waals surface area contributed by atoms with Crippen LogP contribution in [0.25, 0.3) is 0 Å². The molecule has 3 aromatic rings. The molecule has 1 aliphatic heterocycles. The van der Waals surface area contributed by atoms with E-state index in [0.29, 0.717) is 0 Å². The number of carbonyl (C=O) groups is 1. The predicted octanol–water partition coefficient (Wildman–Crippen LogP) is 5.33. The van der Waals surface area contributed by atoms with Gasteiger partial charge in [0.05, 0.1) is 5.69 Å². The molecule has 1 heterocycles. The number of rotatable bonds is 11. The minimum atomic E-state index is -0.0869. The summed E-state index contributed by atoms with van der Waals surface area (Å²) in [5.74, 6) is 0.976. The average molecular weight is 486 g/mol. The van der Waals surface area contributed by atoms with Gasteiger partial charge in [-0.05, 0) is 69.2 Å². The van der Waals surface area contributed by atoms with Gasteiger partial charge in [0.1, 0.15) is 11.9 Å². The number of nitrogens with zero attached hydrogens (tertiary/aromatic N) is 2. The van der Waals surface area contributed by atoms with E-state index in [1.807, 2.05) is 56.6 Å². The first-order valence-corrected chi connectivity index (χ1v) is 13.1. The van der Waals surface area contributed by atoms with E-state index in [9.17, 15) is 4.79 Å². The van der Waals surface area contributed by atoms with Gasteiger partial charge in [0, 0.05) is 25.9 Å². The van der Waals surface area contributed by atoms with Crippen molar-refractivity contribution in [2.24, 2.45) is 5.92 Å². The molecule has 1 aliphatic rings. The van der Waals surface area contributed by atoms with Crippen LogP contribution >= 0.6 is 0 Å². The molecular formula is C31H39N3O2. The standard InChI is InChI=1S/C31H39N3O2/c1-32-21-17-29(26-13-7-4-8-14-26)36-30-16-10-9-15-28(30)33(2)31(35)27-19-23-34(24-20-27)22-18-25-11-5-3-6-12-25/h3-16,27,29,32H,17-24H2,1-2H3. The molecule has 0 aliphatic carbocycles. The zero-order valence-electron chi connectivity index (χ0n) is 21.6. The van der Waals surface area contributed by atoms with Crippen LogP contribution < -0.4 is 15.0 Å². The molecule has 1 fully saturated rings. The maximum absolute atomic E-state index is 13.5. The largest absolute Gasteiger partial charge is 0.483 e. The summed E-state index contributed by atoms with van der Waals surface area (Å²) in [5, 5.41) is 3.23. The molecule has 4 rings (SSSR count). The van der Waals surface area contributed by atoms with Crippen molar-refractivity contribution in [2.45, 2.75) is 31.8 Å². The third-order valence-corrected chi connectivity index (χ3v) is 7.15. The third kappa shape index (κ3) is 6.96. The van der Waals surface area contributed by atoms with Crippen LogP contribution in [0.5, 0.6) is 5.75 Å². The van der Waals surface area contributed by atoms with E-state index < -0.39 is 0 Å². The lowest BCUT2D eigenvalue weighted by Gasteiger charge is -2.33. The number of hydrogen-bond donors (Lipinski definition) is 1. The second-order valence-electron chi connectivity index (χ2n) is 9.63. The fraction of sp³-hybridized carbons (Fsp3) is 0.387. The molecule has 1 N–H and O–H groups in total. The zero-order valence-corrected chi connectivity index (χ0v) is 21.6. The van der Waals surface area contributed by atoms with Crippen molar-refractivity contribution in [3.8, 4) is 5.75 Å². The Bertz CT molecular complexity index is 1070. The molecule has 1 atom stereocenters. The number of amides is 1. The lowest BCUT2D eigenvalue weighted by molar-refractivity contribution is -0.123. The Morgan fingerprint density at radius 3 is 2.31 bits per heavy atom. The number of piperidine rings is 1. The highest BCUT2D eigenvalue weighted by molar-refractivity contribution is 5.96. The molecule has 190 valence electrons. The summed E-state index contributed by atoms with van der Waals surface area (Å²) < 4.78 is 6.54. The lowest BCUT2D eigenvalue weighted by atomic mass is 9.95. The van der Waals surface area contributed by atoms with Crippen molar-refractivity contribution in [1.29, 1.82) is 0 Å². The summed E-state index contributed by atoms with van der Waals surface area (Å²) in [5.41, 5.74) is 3.34. The normalized spacial score (nSPS) is 15.4. The van der Waals surface area contributed by atoms with Gasteiger partial charge < -0.3 is 19.9 Å². The van der Waals surface area contributed by atoms with E-state index in [0.717, 1.165) is 68.9 Å². The molecule has 3 aromatic carbocycles. The van der Waals surface area contributed by atoms with E-state index >= 15 is 0 Å². The number of ether oxygens (including phenoxy) is 1. The number of para-hydroxylation sites is 2. The Morgan fingerprint density at radius 2 is 1.61 bits per heavy atom. The van der Waals surface area contributed by atoms with E-state index in [1.54, 1.807) is 4.90 Å². The fourth-order valence-corrected chi connectivity index (χ4v) is 4.95. The number of likely N-dealkylation sites (tertiary alicyclic amines) is 1. The summed E-state index contributed by atoms with van der Waals surface area (Å²) in [6.45, 7) is 3.83. The quantitative estimate of drug-likeness (QED) is 0.399. The Hall–Kier alpha value is -3.15. The van der Waals surface area contributed by atoms with Gasteiger partial charge in [0.15, 0.2) is 0 Å². The summed E-state index contributed by atoms with van der Waals surface area (Å²) in [7, 11) is 3.84. The van der Waals surface area contributed by atoms with Crippen LogP contribution in [0.4, 0.5) is 5.69 Å². The first-order chi connectivity index (χ1) is 17.7. The van der Waals surface area contributed by atoms with Crippen molar-refractivity contribution in [3.05, 3.63) is 96.1 Å². The van der Waals surface area contributed by atoms with Crippen LogP contribution in [0, 0.1) is 5.92 Å². The van der Waals surface area contributed by atoms with Crippen molar-refractivity contribution in [2.75, 3.05) is 45.2 Å². The summed E-state index contributed by atoms with van der Waals surface area (Å²) in [6, 6.07) is 28.8. The second kappa shape index (κ2) is 13.2. The minimum absolute atomic E-state index is 0.0465. The number of nitrogens with one attached hydrogen (secondary N) is 1. The van der Waals surface area contributed by atoms with Gasteiger partial charge >= 0.3 is 0 Å². The third-order valence-electron chi connectivity index (χ3n) is 7.15. The molecule has 5 heteroatoms. The van der Waals surface area contributed by atoms with Crippen molar-refractivity contribution < 1.29 is 9.53 Å². The Kier molecular flexibility index (Phi) is 9.54. The highest BCUT2D eigenvalue weighted by Crippen LogP contribution is 2.34. The molecule has 5 nitrogen and oxygen atoms in total. The van der Waals surface area contributed by atoms with E-state index in [-0.39, 0.29) is 17.9 Å². The molecule has 0 saturated carbocycles. The molecule has 0 bridgehead atoms. The van der Waals surface area contributed by atoms with Crippen LogP contribution in [-0.4, -0.2) is 51.1 Å². The molecule has 1 saturated heterocycles. The summed E-state index contributed by atoms with van der Waals surface area (Å²) in [4.78, 5) is 17.8. The van der Waals surface area contributed by atoms with Crippen molar-refractivity contribution in [3.63, 3.8) is 0 Å². The van der Waals surface area contributed by atoms with Crippen molar-refractivity contribution in [1.82, 2.24) is 10.2 Å². The van der Waals surface area contributed by atoms with Gasteiger partial charge in [-0.3, -0.25) is 4.79 Å². The van der Waals surface area contributed by atoms with Gasteiger partial charge in [-0.25, -0.2) is 0 Å². The Morgan fingerprint density at radius 1 is 0.972 bits per heavy atom. The minimum Gasteiger partial charge on any atom is -0.483 e. The average Bonchev–Trinajstić information content (AvgIpc) is 2.95. The van der Waals surface area contributed by atoms with Gasteiger partial charge in [-0.1, -0.05) is 72.8 Å². The van der Waals surface area contributed by atoms with E-state index in [2.05, 4.69) is 52.7 Å². The molecule has 1 amide bonds. The van der Waals surface area contributed by atoms with Crippen LogP contribution in [0.2, 0.25) is 0 Å². The molecule has 1 unspecified atom stereocenters. The van der Waals surface area contributed by atoms with Crippen LogP contribution in [-0.2, 0) is 11.2 Å². The first kappa shape index (κ1) is 25.9. The fourth-order valence-electron chi connectivity index (χ4n) is 4.95. The maximum Gasteiger partial charge on any atom is 0.230 e. The SMILES string of the molecule is CNCCC(Oc1ccccc1N(C)C(=O)C1CCN(CCc2ccccc2)CC1)c1ccccc1.